The number of nitro benzene ring substituents is 1. The highest BCUT2D eigenvalue weighted by Crippen LogP contribution is 2.27. The molecule has 2 rings (SSSR count). The Bertz CT molecular complexity index is 959. The largest absolute Gasteiger partial charge is 0.463 e. The molecule has 8 nitrogen and oxygen atoms in total. The first kappa shape index (κ1) is 23.7. The molecule has 0 spiro atoms. The van der Waals surface area contributed by atoms with E-state index in [9.17, 15) is 28.9 Å². The number of nitrogens with one attached hydrogen (secondary N) is 1. The van der Waals surface area contributed by atoms with Gasteiger partial charge in [0.05, 0.1) is 29.1 Å². The lowest BCUT2D eigenvalue weighted by Gasteiger charge is -2.19. The molecule has 0 radical (unpaired) electrons. The second kappa shape index (κ2) is 11.0. The van der Waals surface area contributed by atoms with E-state index in [1.165, 1.54) is 30.3 Å². The van der Waals surface area contributed by atoms with Gasteiger partial charge in [0.1, 0.15) is 5.82 Å². The number of rotatable bonds is 10. The molecule has 9 heteroatoms. The molecule has 0 aliphatic heterocycles. The van der Waals surface area contributed by atoms with Crippen LogP contribution in [0.3, 0.4) is 0 Å². The van der Waals surface area contributed by atoms with E-state index in [4.69, 9.17) is 4.74 Å². The molecule has 2 aromatic carbocycles. The number of ketones is 1. The molecule has 0 aliphatic carbocycles. The maximum atomic E-state index is 13.0. The van der Waals surface area contributed by atoms with Crippen molar-refractivity contribution in [3.05, 3.63) is 75.6 Å². The van der Waals surface area contributed by atoms with Gasteiger partial charge in [0, 0.05) is 24.5 Å². The Hall–Kier alpha value is -3.62. The fourth-order valence-corrected chi connectivity index (χ4v) is 2.94. The van der Waals surface area contributed by atoms with Crippen molar-refractivity contribution in [2.45, 2.75) is 45.3 Å². The Kier molecular flexibility index (Phi) is 8.36. The van der Waals surface area contributed by atoms with Crippen molar-refractivity contribution in [3.63, 3.8) is 0 Å². The van der Waals surface area contributed by atoms with Gasteiger partial charge in [0.25, 0.3) is 5.69 Å². The second-order valence-corrected chi connectivity index (χ2v) is 7.11. The lowest BCUT2D eigenvalue weighted by Crippen LogP contribution is -2.31. The number of Topliss-reactive ketones (excluding diaryl/α,β-unsaturated/α-hetero) is 1. The van der Waals surface area contributed by atoms with Crippen LogP contribution in [0.2, 0.25) is 0 Å². The predicted molar refractivity (Wildman–Crippen MR) is 110 cm³/mol. The molecule has 0 aromatic heterocycles. The van der Waals surface area contributed by atoms with Gasteiger partial charge in [0.2, 0.25) is 5.91 Å². The van der Waals surface area contributed by atoms with Crippen molar-refractivity contribution in [2.24, 2.45) is 0 Å². The Balaban J connectivity index is 2.12. The number of carbonyl (C=O) groups is 3. The van der Waals surface area contributed by atoms with Crippen LogP contribution >= 0.6 is 0 Å². The average molecular weight is 430 g/mol. The predicted octanol–water partition coefficient (Wildman–Crippen LogP) is 3.90. The van der Waals surface area contributed by atoms with Gasteiger partial charge in [-0.2, -0.15) is 0 Å². The van der Waals surface area contributed by atoms with Crippen LogP contribution in [0.15, 0.2) is 48.5 Å². The van der Waals surface area contributed by atoms with Crippen molar-refractivity contribution in [2.75, 3.05) is 0 Å². The SMILES string of the molecule is CC(C)OC(=O)C[C@@H](NC(=O)CCC(=O)c1ccc(F)cc1)c1ccccc1[N+](=O)[O-]. The monoisotopic (exact) mass is 430 g/mol. The number of carbonyl (C=O) groups excluding carboxylic acids is 3. The van der Waals surface area contributed by atoms with Crippen molar-refractivity contribution < 1.29 is 28.4 Å². The molecule has 31 heavy (non-hydrogen) atoms. The van der Waals surface area contributed by atoms with E-state index in [1.807, 2.05) is 0 Å². The smallest absolute Gasteiger partial charge is 0.308 e. The number of para-hydroxylation sites is 1. The van der Waals surface area contributed by atoms with E-state index in [0.29, 0.717) is 0 Å². The molecule has 1 N–H and O–H groups in total. The summed E-state index contributed by atoms with van der Waals surface area (Å²) in [7, 11) is 0. The van der Waals surface area contributed by atoms with E-state index in [1.54, 1.807) is 19.9 Å². The quantitative estimate of drug-likeness (QED) is 0.265. The third-order valence-electron chi connectivity index (χ3n) is 4.33. The van der Waals surface area contributed by atoms with Crippen LogP contribution in [0.1, 0.15) is 55.1 Å². The molecular formula is C22H23FN2O6. The lowest BCUT2D eigenvalue weighted by atomic mass is 10.0. The summed E-state index contributed by atoms with van der Waals surface area (Å²) < 4.78 is 18.1. The number of nitro groups is 1. The number of hydrogen-bond acceptors (Lipinski definition) is 6. The molecule has 0 fully saturated rings. The summed E-state index contributed by atoms with van der Waals surface area (Å²) in [6.07, 6.45) is -1.03. The minimum Gasteiger partial charge on any atom is -0.463 e. The molecule has 0 saturated heterocycles. The van der Waals surface area contributed by atoms with Gasteiger partial charge in [-0.15, -0.1) is 0 Å². The number of benzene rings is 2. The Morgan fingerprint density at radius 3 is 2.32 bits per heavy atom. The zero-order chi connectivity index (χ0) is 23.0. The Morgan fingerprint density at radius 2 is 1.71 bits per heavy atom. The summed E-state index contributed by atoms with van der Waals surface area (Å²) in [6, 6.07) is 9.73. The number of esters is 1. The third-order valence-corrected chi connectivity index (χ3v) is 4.33. The van der Waals surface area contributed by atoms with E-state index in [0.717, 1.165) is 12.1 Å². The summed E-state index contributed by atoms with van der Waals surface area (Å²) >= 11 is 0. The third kappa shape index (κ3) is 7.29. The first-order valence-corrected chi connectivity index (χ1v) is 9.68. The Morgan fingerprint density at radius 1 is 1.06 bits per heavy atom. The summed E-state index contributed by atoms with van der Waals surface area (Å²) in [5.41, 5.74) is 0.184. The summed E-state index contributed by atoms with van der Waals surface area (Å²) in [5.74, 6) is -2.01. The first-order valence-electron chi connectivity index (χ1n) is 9.68. The van der Waals surface area contributed by atoms with Gasteiger partial charge >= 0.3 is 5.97 Å². The molecule has 1 amide bonds. The van der Waals surface area contributed by atoms with Gasteiger partial charge in [-0.1, -0.05) is 18.2 Å². The van der Waals surface area contributed by atoms with E-state index >= 15 is 0 Å². The molecule has 0 aliphatic rings. The highest BCUT2D eigenvalue weighted by Gasteiger charge is 2.26. The summed E-state index contributed by atoms with van der Waals surface area (Å²) in [6.45, 7) is 3.33. The number of hydrogen-bond donors (Lipinski definition) is 1. The number of nitrogens with zero attached hydrogens (tertiary/aromatic N) is 1. The fraction of sp³-hybridized carbons (Fsp3) is 0.318. The van der Waals surface area contributed by atoms with E-state index < -0.39 is 28.7 Å². The van der Waals surface area contributed by atoms with Crippen molar-refractivity contribution in [3.8, 4) is 0 Å². The van der Waals surface area contributed by atoms with Gasteiger partial charge < -0.3 is 10.1 Å². The van der Waals surface area contributed by atoms with E-state index in [-0.39, 0.29) is 48.0 Å². The minimum absolute atomic E-state index is 0.141. The standard InChI is InChI=1S/C22H23FN2O6/c1-14(2)31-22(28)13-18(17-5-3-4-6-19(17)25(29)30)24-21(27)12-11-20(26)15-7-9-16(23)10-8-15/h3-10,14,18H,11-13H2,1-2H3,(H,24,27)/t18-/m1/s1. The van der Waals surface area contributed by atoms with Crippen LogP contribution in [-0.2, 0) is 14.3 Å². The first-order chi connectivity index (χ1) is 14.7. The van der Waals surface area contributed by atoms with Crippen LogP contribution in [-0.4, -0.2) is 28.7 Å². The highest BCUT2D eigenvalue weighted by atomic mass is 19.1. The molecule has 0 saturated carbocycles. The van der Waals surface area contributed by atoms with Gasteiger partial charge in [-0.25, -0.2) is 4.39 Å². The van der Waals surface area contributed by atoms with Crippen molar-refractivity contribution in [1.29, 1.82) is 0 Å². The molecule has 0 unspecified atom stereocenters. The van der Waals surface area contributed by atoms with Gasteiger partial charge in [0.15, 0.2) is 5.78 Å². The Labute approximate surface area is 178 Å². The fourth-order valence-electron chi connectivity index (χ4n) is 2.94. The molecule has 0 bridgehead atoms. The zero-order valence-electron chi connectivity index (χ0n) is 17.2. The van der Waals surface area contributed by atoms with Crippen LogP contribution in [0, 0.1) is 15.9 Å². The lowest BCUT2D eigenvalue weighted by molar-refractivity contribution is -0.385. The zero-order valence-corrected chi connectivity index (χ0v) is 17.2. The summed E-state index contributed by atoms with van der Waals surface area (Å²) in [5, 5.41) is 14.0. The van der Waals surface area contributed by atoms with Gasteiger partial charge in [-0.3, -0.25) is 24.5 Å². The number of amides is 1. The highest BCUT2D eigenvalue weighted by molar-refractivity contribution is 5.98. The van der Waals surface area contributed by atoms with Crippen LogP contribution in [0.4, 0.5) is 10.1 Å². The number of ether oxygens (including phenoxy) is 1. The minimum atomic E-state index is -0.999. The topological polar surface area (TPSA) is 116 Å². The number of halogens is 1. The maximum Gasteiger partial charge on any atom is 0.308 e. The van der Waals surface area contributed by atoms with Crippen molar-refractivity contribution >= 4 is 23.3 Å². The van der Waals surface area contributed by atoms with Crippen LogP contribution < -0.4 is 5.32 Å². The molecular weight excluding hydrogens is 407 g/mol. The summed E-state index contributed by atoms with van der Waals surface area (Å²) in [4.78, 5) is 47.6. The van der Waals surface area contributed by atoms with E-state index in [2.05, 4.69) is 5.32 Å². The van der Waals surface area contributed by atoms with Crippen molar-refractivity contribution in [1.82, 2.24) is 5.32 Å². The van der Waals surface area contributed by atoms with Crippen LogP contribution in [0.5, 0.6) is 0 Å². The molecule has 2 aromatic rings. The average Bonchev–Trinajstić information content (AvgIpc) is 2.71. The normalized spacial score (nSPS) is 11.6. The maximum absolute atomic E-state index is 13.0. The van der Waals surface area contributed by atoms with Gasteiger partial charge in [-0.05, 0) is 38.1 Å². The molecule has 0 heterocycles. The molecule has 164 valence electrons. The second-order valence-electron chi connectivity index (χ2n) is 7.11. The van der Waals surface area contributed by atoms with Crippen LogP contribution in [0.25, 0.3) is 0 Å². The molecule has 1 atom stereocenters.